The number of aryl methyl sites for hydroxylation is 1. The molecular formula is C17H20ClNO2S. The number of fused-ring (bicyclic) bond motifs is 1. The van der Waals surface area contributed by atoms with E-state index in [1.807, 2.05) is 13.0 Å². The Balaban J connectivity index is 1.82. The zero-order chi connectivity index (χ0) is 15.7. The molecule has 1 fully saturated rings. The van der Waals surface area contributed by atoms with Crippen LogP contribution in [-0.4, -0.2) is 24.7 Å². The van der Waals surface area contributed by atoms with Crippen molar-refractivity contribution >= 4 is 38.9 Å². The van der Waals surface area contributed by atoms with Crippen molar-refractivity contribution in [1.29, 1.82) is 0 Å². The van der Waals surface area contributed by atoms with Crippen LogP contribution in [0.3, 0.4) is 0 Å². The van der Waals surface area contributed by atoms with E-state index in [0.717, 1.165) is 36.0 Å². The van der Waals surface area contributed by atoms with Crippen LogP contribution in [0.15, 0.2) is 18.2 Å². The minimum absolute atomic E-state index is 0.00230. The fourth-order valence-electron chi connectivity index (χ4n) is 2.84. The first kappa shape index (κ1) is 15.8. The standard InChI is InChI=1S/C17H20ClNO2S/c1-3-11-6-7-12-14(9-11)22-16(15(12)18)17(20)19-10(2)13-5-4-8-21-13/h6-7,9-10,13H,3-5,8H2,1-2H3,(H,19,20). The number of rotatable bonds is 4. The average molecular weight is 338 g/mol. The SMILES string of the molecule is CCc1ccc2c(Cl)c(C(=O)NC(C)C3CCCO3)sc2c1. The Morgan fingerprint density at radius 1 is 1.55 bits per heavy atom. The van der Waals surface area contributed by atoms with Gasteiger partial charge in [0, 0.05) is 16.7 Å². The number of carbonyl (C=O) groups excluding carboxylic acids is 1. The zero-order valence-electron chi connectivity index (χ0n) is 12.8. The van der Waals surface area contributed by atoms with E-state index < -0.39 is 0 Å². The monoisotopic (exact) mass is 337 g/mol. The molecule has 3 nitrogen and oxygen atoms in total. The van der Waals surface area contributed by atoms with E-state index in [1.165, 1.54) is 16.9 Å². The average Bonchev–Trinajstić information content (AvgIpc) is 3.15. The van der Waals surface area contributed by atoms with Gasteiger partial charge in [-0.3, -0.25) is 4.79 Å². The van der Waals surface area contributed by atoms with Gasteiger partial charge in [-0.1, -0.05) is 30.7 Å². The van der Waals surface area contributed by atoms with Gasteiger partial charge in [0.2, 0.25) is 0 Å². The molecule has 0 aliphatic carbocycles. The zero-order valence-corrected chi connectivity index (χ0v) is 14.4. The Bertz CT molecular complexity index is 691. The Hall–Kier alpha value is -1.10. The summed E-state index contributed by atoms with van der Waals surface area (Å²) in [6, 6.07) is 6.19. The number of halogens is 1. The summed E-state index contributed by atoms with van der Waals surface area (Å²) in [4.78, 5) is 13.1. The van der Waals surface area contributed by atoms with Gasteiger partial charge in [-0.25, -0.2) is 0 Å². The number of hydrogen-bond donors (Lipinski definition) is 1. The molecule has 118 valence electrons. The number of nitrogens with one attached hydrogen (secondary N) is 1. The summed E-state index contributed by atoms with van der Waals surface area (Å²) in [5, 5.41) is 4.54. The van der Waals surface area contributed by atoms with Gasteiger partial charge in [0.15, 0.2) is 0 Å². The minimum atomic E-state index is -0.104. The van der Waals surface area contributed by atoms with Crippen molar-refractivity contribution in [2.75, 3.05) is 6.61 Å². The quantitative estimate of drug-likeness (QED) is 0.897. The molecule has 5 heteroatoms. The predicted octanol–water partition coefficient (Wildman–Crippen LogP) is 4.41. The molecular weight excluding hydrogens is 318 g/mol. The Morgan fingerprint density at radius 2 is 2.36 bits per heavy atom. The highest BCUT2D eigenvalue weighted by molar-refractivity contribution is 7.21. The van der Waals surface area contributed by atoms with Gasteiger partial charge in [-0.15, -0.1) is 11.3 Å². The van der Waals surface area contributed by atoms with Crippen LogP contribution in [0.25, 0.3) is 10.1 Å². The molecule has 1 N–H and O–H groups in total. The lowest BCUT2D eigenvalue weighted by Gasteiger charge is -2.19. The van der Waals surface area contributed by atoms with E-state index >= 15 is 0 Å². The Labute approximate surface area is 139 Å². The number of carbonyl (C=O) groups is 1. The molecule has 2 aromatic rings. The van der Waals surface area contributed by atoms with Gasteiger partial charge >= 0.3 is 0 Å². The van der Waals surface area contributed by atoms with Gasteiger partial charge in [-0.05, 0) is 37.8 Å². The van der Waals surface area contributed by atoms with Crippen LogP contribution in [0.5, 0.6) is 0 Å². The molecule has 0 saturated carbocycles. The predicted molar refractivity (Wildman–Crippen MR) is 92.1 cm³/mol. The van der Waals surface area contributed by atoms with Gasteiger partial charge < -0.3 is 10.1 Å². The molecule has 2 heterocycles. The molecule has 1 aliphatic heterocycles. The van der Waals surface area contributed by atoms with E-state index in [9.17, 15) is 4.79 Å². The maximum absolute atomic E-state index is 12.5. The van der Waals surface area contributed by atoms with Gasteiger partial charge in [0.25, 0.3) is 5.91 Å². The van der Waals surface area contributed by atoms with Crippen LogP contribution >= 0.6 is 22.9 Å². The van der Waals surface area contributed by atoms with Gasteiger partial charge in [0.1, 0.15) is 4.88 Å². The molecule has 22 heavy (non-hydrogen) atoms. The molecule has 0 radical (unpaired) electrons. The number of amides is 1. The van der Waals surface area contributed by atoms with Crippen LogP contribution in [0, 0.1) is 0 Å². The lowest BCUT2D eigenvalue weighted by Crippen LogP contribution is -2.40. The van der Waals surface area contributed by atoms with Crippen LogP contribution in [0.2, 0.25) is 5.02 Å². The molecule has 1 saturated heterocycles. The van der Waals surface area contributed by atoms with Crippen molar-refractivity contribution in [2.24, 2.45) is 0 Å². The summed E-state index contributed by atoms with van der Waals surface area (Å²) in [6.07, 6.45) is 3.16. The van der Waals surface area contributed by atoms with Crippen molar-refractivity contribution in [1.82, 2.24) is 5.32 Å². The summed E-state index contributed by atoms with van der Waals surface area (Å²) in [7, 11) is 0. The lowest BCUT2D eigenvalue weighted by atomic mass is 10.1. The Kier molecular flexibility index (Phi) is 4.71. The first-order valence-electron chi connectivity index (χ1n) is 7.73. The number of benzene rings is 1. The third-order valence-electron chi connectivity index (χ3n) is 4.19. The van der Waals surface area contributed by atoms with Gasteiger partial charge in [0.05, 0.1) is 17.2 Å². The molecule has 2 atom stereocenters. The van der Waals surface area contributed by atoms with Crippen molar-refractivity contribution in [2.45, 2.75) is 45.3 Å². The second-order valence-electron chi connectivity index (χ2n) is 5.74. The minimum Gasteiger partial charge on any atom is -0.376 e. The number of ether oxygens (including phenoxy) is 1. The molecule has 0 bridgehead atoms. The van der Waals surface area contributed by atoms with Crippen molar-refractivity contribution in [3.05, 3.63) is 33.7 Å². The third-order valence-corrected chi connectivity index (χ3v) is 5.85. The summed E-state index contributed by atoms with van der Waals surface area (Å²) >= 11 is 7.87. The number of hydrogen-bond acceptors (Lipinski definition) is 3. The third kappa shape index (κ3) is 3.00. The van der Waals surface area contributed by atoms with E-state index in [2.05, 4.69) is 24.4 Å². The van der Waals surface area contributed by atoms with E-state index in [1.54, 1.807) is 0 Å². The summed E-state index contributed by atoms with van der Waals surface area (Å²) < 4.78 is 6.70. The van der Waals surface area contributed by atoms with Crippen molar-refractivity contribution in [3.63, 3.8) is 0 Å². The first-order chi connectivity index (χ1) is 10.6. The Morgan fingerprint density at radius 3 is 3.05 bits per heavy atom. The molecule has 1 aliphatic rings. The first-order valence-corrected chi connectivity index (χ1v) is 8.93. The van der Waals surface area contributed by atoms with E-state index in [-0.39, 0.29) is 18.1 Å². The van der Waals surface area contributed by atoms with Crippen molar-refractivity contribution < 1.29 is 9.53 Å². The second kappa shape index (κ2) is 6.57. The number of thiophene rings is 1. The molecule has 1 aromatic heterocycles. The fraction of sp³-hybridized carbons (Fsp3) is 0.471. The topological polar surface area (TPSA) is 38.3 Å². The highest BCUT2D eigenvalue weighted by Crippen LogP contribution is 2.36. The summed E-state index contributed by atoms with van der Waals surface area (Å²) in [5.41, 5.74) is 1.25. The second-order valence-corrected chi connectivity index (χ2v) is 7.17. The smallest absolute Gasteiger partial charge is 0.263 e. The van der Waals surface area contributed by atoms with Crippen LogP contribution in [0.1, 0.15) is 41.9 Å². The van der Waals surface area contributed by atoms with Crippen molar-refractivity contribution in [3.8, 4) is 0 Å². The molecule has 1 aromatic carbocycles. The van der Waals surface area contributed by atoms with Crippen LogP contribution < -0.4 is 5.32 Å². The maximum Gasteiger partial charge on any atom is 0.263 e. The maximum atomic E-state index is 12.5. The van der Waals surface area contributed by atoms with E-state index in [4.69, 9.17) is 16.3 Å². The normalized spacial score (nSPS) is 19.5. The van der Waals surface area contributed by atoms with Gasteiger partial charge in [-0.2, -0.15) is 0 Å². The lowest BCUT2D eigenvalue weighted by molar-refractivity contribution is 0.0715. The summed E-state index contributed by atoms with van der Waals surface area (Å²) in [6.45, 7) is 4.89. The molecule has 3 rings (SSSR count). The largest absolute Gasteiger partial charge is 0.376 e. The fourth-order valence-corrected chi connectivity index (χ4v) is 4.32. The molecule has 1 amide bonds. The highest BCUT2D eigenvalue weighted by atomic mass is 35.5. The van der Waals surface area contributed by atoms with Crippen LogP contribution in [-0.2, 0) is 11.2 Å². The molecule has 2 unspecified atom stereocenters. The highest BCUT2D eigenvalue weighted by Gasteiger charge is 2.25. The van der Waals surface area contributed by atoms with E-state index in [0.29, 0.717) is 9.90 Å². The molecule has 0 spiro atoms. The summed E-state index contributed by atoms with van der Waals surface area (Å²) in [5.74, 6) is -0.104. The van der Waals surface area contributed by atoms with Crippen LogP contribution in [0.4, 0.5) is 0 Å².